The Labute approximate surface area is 174 Å². The molecule has 1 aliphatic rings. The minimum atomic E-state index is -2.03. The zero-order valence-electron chi connectivity index (χ0n) is 16.7. The number of carbonyl (C=O) groups excluding carboxylic acids is 2. The first-order valence-corrected chi connectivity index (χ1v) is 9.62. The van der Waals surface area contributed by atoms with Gasteiger partial charge in [-0.1, -0.05) is 72.8 Å². The van der Waals surface area contributed by atoms with Gasteiger partial charge in [0, 0.05) is 12.0 Å². The van der Waals surface area contributed by atoms with Crippen LogP contribution in [0.15, 0.2) is 72.8 Å². The van der Waals surface area contributed by atoms with Crippen molar-refractivity contribution in [1.82, 2.24) is 0 Å². The summed E-state index contributed by atoms with van der Waals surface area (Å²) in [6.45, 7) is 0. The maximum atomic E-state index is 12.8. The highest BCUT2D eigenvalue weighted by Gasteiger charge is 2.63. The molecule has 154 valence electrons. The number of hydrogen-bond acceptors (Lipinski definition) is 6. The third-order valence-electron chi connectivity index (χ3n) is 5.35. The Kier molecular flexibility index (Phi) is 5.53. The van der Waals surface area contributed by atoms with Gasteiger partial charge < -0.3 is 18.9 Å². The van der Waals surface area contributed by atoms with Crippen LogP contribution in [-0.2, 0) is 35.0 Å². The van der Waals surface area contributed by atoms with Crippen LogP contribution in [0.5, 0.6) is 0 Å². The Morgan fingerprint density at radius 1 is 0.867 bits per heavy atom. The molecule has 0 saturated carbocycles. The van der Waals surface area contributed by atoms with Crippen LogP contribution in [0.2, 0.25) is 0 Å². The second-order valence-electron chi connectivity index (χ2n) is 7.05. The topological polar surface area (TPSA) is 71.1 Å². The van der Waals surface area contributed by atoms with E-state index in [0.29, 0.717) is 0 Å². The molecule has 1 heterocycles. The summed E-state index contributed by atoms with van der Waals surface area (Å²) in [6, 6.07) is 22.9. The van der Waals surface area contributed by atoms with E-state index in [9.17, 15) is 9.59 Å². The van der Waals surface area contributed by atoms with E-state index < -0.39 is 29.9 Å². The fourth-order valence-electron chi connectivity index (χ4n) is 3.88. The van der Waals surface area contributed by atoms with Crippen LogP contribution >= 0.6 is 0 Å². The molecule has 0 spiro atoms. The van der Waals surface area contributed by atoms with E-state index in [1.807, 2.05) is 72.8 Å². The monoisotopic (exact) mass is 406 g/mol. The molecular weight excluding hydrogens is 384 g/mol. The van der Waals surface area contributed by atoms with Crippen molar-refractivity contribution in [2.24, 2.45) is 0 Å². The summed E-state index contributed by atoms with van der Waals surface area (Å²) in [5.74, 6) is -1.70. The largest absolute Gasteiger partial charge is 0.466 e. The highest BCUT2D eigenvalue weighted by atomic mass is 16.8. The number of carbonyl (C=O) groups is 2. The quantitative estimate of drug-likeness (QED) is 0.476. The Morgan fingerprint density at radius 3 is 2.20 bits per heavy atom. The van der Waals surface area contributed by atoms with Gasteiger partial charge in [0.1, 0.15) is 6.10 Å². The summed E-state index contributed by atoms with van der Waals surface area (Å²) in [5, 5.41) is 1.91. The van der Waals surface area contributed by atoms with Gasteiger partial charge >= 0.3 is 11.9 Å². The highest BCUT2D eigenvalue weighted by Crippen LogP contribution is 2.43. The smallest absolute Gasteiger partial charge is 0.353 e. The molecule has 0 aliphatic carbocycles. The lowest BCUT2D eigenvalue weighted by atomic mass is 9.91. The van der Waals surface area contributed by atoms with Crippen LogP contribution < -0.4 is 0 Å². The van der Waals surface area contributed by atoms with Gasteiger partial charge in [0.2, 0.25) is 0 Å². The highest BCUT2D eigenvalue weighted by molar-refractivity contribution is 6.05. The molecule has 0 aromatic heterocycles. The lowest BCUT2D eigenvalue weighted by Gasteiger charge is -2.26. The lowest BCUT2D eigenvalue weighted by Crippen LogP contribution is -2.56. The molecule has 3 aromatic rings. The van der Waals surface area contributed by atoms with Crippen molar-refractivity contribution in [3.8, 4) is 0 Å². The molecule has 0 bridgehead atoms. The minimum absolute atomic E-state index is 0.270. The molecule has 0 N–H and O–H groups in total. The number of hydrogen-bond donors (Lipinski definition) is 0. The Bertz CT molecular complexity index is 1040. The standard InChI is InChI=1S/C24H22O6/c1-27-22(25)24(23(26)28-2)20(15-16-9-4-3-5-10-16)29-21(30-24)19-14-8-12-17-11-6-7-13-18(17)19/h3-14,20-21H,15H2,1-2H3/t20-,21-/m0/s1. The van der Waals surface area contributed by atoms with E-state index in [1.165, 1.54) is 14.2 Å². The predicted molar refractivity (Wildman–Crippen MR) is 110 cm³/mol. The Hall–Kier alpha value is -3.22. The van der Waals surface area contributed by atoms with Crippen molar-refractivity contribution in [1.29, 1.82) is 0 Å². The maximum Gasteiger partial charge on any atom is 0.353 e. The number of benzene rings is 3. The molecular formula is C24H22O6. The summed E-state index contributed by atoms with van der Waals surface area (Å²) in [6.07, 6.45) is -1.60. The van der Waals surface area contributed by atoms with Crippen molar-refractivity contribution in [3.63, 3.8) is 0 Å². The first-order chi connectivity index (χ1) is 14.6. The van der Waals surface area contributed by atoms with Crippen molar-refractivity contribution < 1.29 is 28.5 Å². The Morgan fingerprint density at radius 2 is 1.50 bits per heavy atom. The normalized spacial score (nSPS) is 20.1. The molecule has 6 nitrogen and oxygen atoms in total. The van der Waals surface area contributed by atoms with E-state index in [1.54, 1.807) is 0 Å². The lowest BCUT2D eigenvalue weighted by molar-refractivity contribution is -0.188. The maximum absolute atomic E-state index is 12.8. The first-order valence-electron chi connectivity index (χ1n) is 9.62. The van der Waals surface area contributed by atoms with Crippen LogP contribution in [0.25, 0.3) is 10.8 Å². The van der Waals surface area contributed by atoms with E-state index in [4.69, 9.17) is 18.9 Å². The van der Waals surface area contributed by atoms with Gasteiger partial charge in [0.05, 0.1) is 14.2 Å². The van der Waals surface area contributed by atoms with Crippen molar-refractivity contribution in [2.75, 3.05) is 14.2 Å². The third-order valence-corrected chi connectivity index (χ3v) is 5.35. The van der Waals surface area contributed by atoms with Gasteiger partial charge in [-0.15, -0.1) is 0 Å². The van der Waals surface area contributed by atoms with Crippen LogP contribution in [0, 0.1) is 0 Å². The van der Waals surface area contributed by atoms with E-state index in [-0.39, 0.29) is 6.42 Å². The SMILES string of the molecule is COC(=O)C1(C(=O)OC)O[C@@H](c2cccc3ccccc23)O[C@H]1Cc1ccccc1. The average Bonchev–Trinajstić information content (AvgIpc) is 3.18. The summed E-state index contributed by atoms with van der Waals surface area (Å²) in [7, 11) is 2.42. The van der Waals surface area contributed by atoms with Crippen LogP contribution in [0.1, 0.15) is 17.4 Å². The van der Waals surface area contributed by atoms with Crippen LogP contribution in [0.4, 0.5) is 0 Å². The van der Waals surface area contributed by atoms with Gasteiger partial charge in [0.25, 0.3) is 5.60 Å². The summed E-state index contributed by atoms with van der Waals surface area (Å²) >= 11 is 0. The van der Waals surface area contributed by atoms with Crippen molar-refractivity contribution >= 4 is 22.7 Å². The molecule has 6 heteroatoms. The minimum Gasteiger partial charge on any atom is -0.466 e. The Balaban J connectivity index is 1.80. The average molecular weight is 406 g/mol. The van der Waals surface area contributed by atoms with Gasteiger partial charge in [0.15, 0.2) is 6.29 Å². The van der Waals surface area contributed by atoms with Crippen LogP contribution in [-0.4, -0.2) is 37.9 Å². The van der Waals surface area contributed by atoms with Gasteiger partial charge in [-0.05, 0) is 16.3 Å². The van der Waals surface area contributed by atoms with E-state index >= 15 is 0 Å². The fourth-order valence-corrected chi connectivity index (χ4v) is 3.88. The molecule has 0 amide bonds. The van der Waals surface area contributed by atoms with Crippen molar-refractivity contribution in [3.05, 3.63) is 83.9 Å². The van der Waals surface area contributed by atoms with Gasteiger partial charge in [-0.2, -0.15) is 0 Å². The third kappa shape index (κ3) is 3.34. The number of ether oxygens (including phenoxy) is 4. The molecule has 0 unspecified atom stereocenters. The molecule has 3 aromatic carbocycles. The molecule has 4 rings (SSSR count). The van der Waals surface area contributed by atoms with Crippen molar-refractivity contribution in [2.45, 2.75) is 24.4 Å². The molecule has 30 heavy (non-hydrogen) atoms. The number of fused-ring (bicyclic) bond motifs is 1. The number of esters is 2. The van der Waals surface area contributed by atoms with E-state index in [0.717, 1.165) is 21.9 Å². The zero-order chi connectivity index (χ0) is 21.1. The second-order valence-corrected chi connectivity index (χ2v) is 7.05. The van der Waals surface area contributed by atoms with Gasteiger partial charge in [-0.25, -0.2) is 9.59 Å². The molecule has 0 radical (unpaired) electrons. The molecule has 2 atom stereocenters. The summed E-state index contributed by atoms with van der Waals surface area (Å²) in [5.41, 5.74) is -0.413. The second kappa shape index (κ2) is 8.26. The van der Waals surface area contributed by atoms with Crippen LogP contribution in [0.3, 0.4) is 0 Å². The number of methoxy groups -OCH3 is 2. The summed E-state index contributed by atoms with van der Waals surface area (Å²) < 4.78 is 22.2. The first kappa shape index (κ1) is 20.1. The predicted octanol–water partition coefficient (Wildman–Crippen LogP) is 3.58. The molecule has 1 saturated heterocycles. The van der Waals surface area contributed by atoms with Gasteiger partial charge in [-0.3, -0.25) is 0 Å². The number of rotatable bonds is 5. The van der Waals surface area contributed by atoms with E-state index in [2.05, 4.69) is 0 Å². The molecule has 1 aliphatic heterocycles. The fraction of sp³-hybridized carbons (Fsp3) is 0.250. The zero-order valence-corrected chi connectivity index (χ0v) is 16.7. The summed E-state index contributed by atoms with van der Waals surface area (Å²) in [4.78, 5) is 25.7. The molecule has 1 fully saturated rings.